The Morgan fingerprint density at radius 1 is 1.03 bits per heavy atom. The molecule has 13 heteroatoms. The molecular weight excluding hydrogens is 446 g/mol. The molecule has 5 N–H and O–H groups in total. The number of carbonyl (C=O) groups excluding carboxylic acids is 1. The van der Waals surface area contributed by atoms with E-state index in [0.29, 0.717) is 5.75 Å². The molecule has 0 fully saturated rings. The SMILES string of the molecule is COc1ccc(Nc2nc(Nc3cc(C(N)=O)ccc3F)ncc2F)c(NS(C)(=O)=O)c1. The Kier molecular flexibility index (Phi) is 6.39. The summed E-state index contributed by atoms with van der Waals surface area (Å²) >= 11 is 0. The van der Waals surface area contributed by atoms with E-state index in [-0.39, 0.29) is 34.4 Å². The van der Waals surface area contributed by atoms with Gasteiger partial charge in [0.2, 0.25) is 21.9 Å². The topological polar surface area (TPSA) is 148 Å². The molecule has 0 unspecified atom stereocenters. The van der Waals surface area contributed by atoms with E-state index in [2.05, 4.69) is 25.3 Å². The van der Waals surface area contributed by atoms with E-state index in [4.69, 9.17) is 10.5 Å². The van der Waals surface area contributed by atoms with Gasteiger partial charge in [-0.15, -0.1) is 0 Å². The van der Waals surface area contributed by atoms with Crippen LogP contribution in [0.15, 0.2) is 42.6 Å². The smallest absolute Gasteiger partial charge is 0.248 e. The van der Waals surface area contributed by atoms with Crippen molar-refractivity contribution in [1.82, 2.24) is 9.97 Å². The molecule has 0 saturated carbocycles. The summed E-state index contributed by atoms with van der Waals surface area (Å²) in [7, 11) is -2.25. The van der Waals surface area contributed by atoms with Crippen LogP contribution in [0, 0.1) is 11.6 Å². The van der Waals surface area contributed by atoms with Crippen molar-refractivity contribution in [3.05, 3.63) is 59.8 Å². The van der Waals surface area contributed by atoms with Crippen LogP contribution in [0.3, 0.4) is 0 Å². The highest BCUT2D eigenvalue weighted by Gasteiger charge is 2.15. The number of aromatic nitrogens is 2. The van der Waals surface area contributed by atoms with Crippen molar-refractivity contribution in [2.24, 2.45) is 5.73 Å². The number of benzene rings is 2. The zero-order chi connectivity index (χ0) is 23.5. The number of methoxy groups -OCH3 is 1. The molecule has 3 rings (SSSR count). The van der Waals surface area contributed by atoms with Crippen LogP contribution in [0.5, 0.6) is 5.75 Å². The van der Waals surface area contributed by atoms with Crippen LogP contribution in [-0.2, 0) is 10.0 Å². The molecule has 1 heterocycles. The van der Waals surface area contributed by atoms with E-state index < -0.39 is 27.6 Å². The van der Waals surface area contributed by atoms with Gasteiger partial charge in [-0.3, -0.25) is 9.52 Å². The Balaban J connectivity index is 1.94. The molecular formula is C19H18F2N6O4S. The molecule has 1 aromatic heterocycles. The molecule has 2 aromatic carbocycles. The van der Waals surface area contributed by atoms with E-state index >= 15 is 0 Å². The van der Waals surface area contributed by atoms with E-state index in [0.717, 1.165) is 24.6 Å². The molecule has 0 spiro atoms. The zero-order valence-corrected chi connectivity index (χ0v) is 17.6. The second-order valence-corrected chi connectivity index (χ2v) is 8.23. The third kappa shape index (κ3) is 5.57. The lowest BCUT2D eigenvalue weighted by Gasteiger charge is -2.15. The Morgan fingerprint density at radius 3 is 2.44 bits per heavy atom. The Labute approximate surface area is 181 Å². The summed E-state index contributed by atoms with van der Waals surface area (Å²) in [6.07, 6.45) is 1.79. The Hall–Kier alpha value is -4.00. The van der Waals surface area contributed by atoms with Gasteiger partial charge in [0.1, 0.15) is 11.6 Å². The molecule has 0 atom stereocenters. The number of ether oxygens (including phenoxy) is 1. The number of nitrogens with one attached hydrogen (secondary N) is 3. The first kappa shape index (κ1) is 22.7. The maximum absolute atomic E-state index is 14.3. The van der Waals surface area contributed by atoms with E-state index in [1.54, 1.807) is 0 Å². The second-order valence-electron chi connectivity index (χ2n) is 6.48. The first-order chi connectivity index (χ1) is 15.1. The van der Waals surface area contributed by atoms with Crippen LogP contribution in [0.2, 0.25) is 0 Å². The number of nitrogens with zero attached hydrogens (tertiary/aromatic N) is 2. The fourth-order valence-electron chi connectivity index (χ4n) is 2.58. The minimum Gasteiger partial charge on any atom is -0.497 e. The molecule has 0 saturated heterocycles. The van der Waals surface area contributed by atoms with Crippen molar-refractivity contribution in [2.45, 2.75) is 0 Å². The van der Waals surface area contributed by atoms with Gasteiger partial charge in [-0.1, -0.05) is 0 Å². The number of sulfonamides is 1. The highest BCUT2D eigenvalue weighted by Crippen LogP contribution is 2.31. The Bertz CT molecular complexity index is 1290. The number of halogens is 2. The van der Waals surface area contributed by atoms with Crippen molar-refractivity contribution in [1.29, 1.82) is 0 Å². The fourth-order valence-corrected chi connectivity index (χ4v) is 3.15. The van der Waals surface area contributed by atoms with Crippen LogP contribution < -0.4 is 25.8 Å². The normalized spacial score (nSPS) is 11.0. The molecule has 1 amide bonds. The van der Waals surface area contributed by atoms with Gasteiger partial charge in [0.25, 0.3) is 0 Å². The molecule has 0 aliphatic heterocycles. The van der Waals surface area contributed by atoms with Crippen LogP contribution >= 0.6 is 0 Å². The molecule has 10 nitrogen and oxygen atoms in total. The third-order valence-corrected chi connectivity index (χ3v) is 4.61. The summed E-state index contributed by atoms with van der Waals surface area (Å²) < 4.78 is 59.2. The second kappa shape index (κ2) is 9.01. The summed E-state index contributed by atoms with van der Waals surface area (Å²) in [6, 6.07) is 7.78. The van der Waals surface area contributed by atoms with Crippen LogP contribution in [0.4, 0.5) is 37.6 Å². The number of amides is 1. The lowest BCUT2D eigenvalue weighted by Crippen LogP contribution is -2.12. The predicted molar refractivity (Wildman–Crippen MR) is 115 cm³/mol. The molecule has 0 aliphatic carbocycles. The predicted octanol–water partition coefficient (Wildman–Crippen LogP) is 2.72. The number of carbonyl (C=O) groups is 1. The van der Waals surface area contributed by atoms with Gasteiger partial charge in [-0.05, 0) is 30.3 Å². The van der Waals surface area contributed by atoms with Crippen LogP contribution in [0.1, 0.15) is 10.4 Å². The van der Waals surface area contributed by atoms with Crippen molar-refractivity contribution < 1.29 is 26.7 Å². The molecule has 0 aliphatic rings. The number of hydrogen-bond acceptors (Lipinski definition) is 8. The van der Waals surface area contributed by atoms with Gasteiger partial charge in [-0.25, -0.2) is 22.2 Å². The van der Waals surface area contributed by atoms with Crippen molar-refractivity contribution in [2.75, 3.05) is 28.7 Å². The minimum atomic E-state index is -3.66. The standard InChI is InChI=1S/C19H18F2N6O4S/c1-31-11-4-6-14(16(8-11)27-32(2,29)30)24-18-13(21)9-23-19(26-18)25-15-7-10(17(22)28)3-5-12(15)20/h3-9,27H,1-2H3,(H2,22,28)(H2,23,24,25,26). The first-order valence-corrected chi connectivity index (χ1v) is 10.8. The molecule has 0 radical (unpaired) electrons. The Morgan fingerprint density at radius 2 is 1.78 bits per heavy atom. The molecule has 3 aromatic rings. The van der Waals surface area contributed by atoms with Gasteiger partial charge < -0.3 is 21.1 Å². The summed E-state index contributed by atoms with van der Waals surface area (Å²) in [5, 5.41) is 5.22. The average Bonchev–Trinajstić information content (AvgIpc) is 2.72. The maximum Gasteiger partial charge on any atom is 0.248 e. The maximum atomic E-state index is 14.3. The highest BCUT2D eigenvalue weighted by molar-refractivity contribution is 7.92. The average molecular weight is 464 g/mol. The van der Waals surface area contributed by atoms with Crippen molar-refractivity contribution in [3.8, 4) is 5.75 Å². The molecule has 0 bridgehead atoms. The number of anilines is 5. The van der Waals surface area contributed by atoms with Gasteiger partial charge in [0, 0.05) is 11.6 Å². The minimum absolute atomic E-state index is 0.0454. The van der Waals surface area contributed by atoms with Gasteiger partial charge >= 0.3 is 0 Å². The van der Waals surface area contributed by atoms with Crippen molar-refractivity contribution in [3.63, 3.8) is 0 Å². The summed E-state index contributed by atoms with van der Waals surface area (Å²) in [5.74, 6) is -2.50. The van der Waals surface area contributed by atoms with Crippen LogP contribution in [-0.4, -0.2) is 37.7 Å². The molecule has 32 heavy (non-hydrogen) atoms. The quantitative estimate of drug-likeness (QED) is 0.398. The van der Waals surface area contributed by atoms with E-state index in [1.165, 1.54) is 31.4 Å². The zero-order valence-electron chi connectivity index (χ0n) is 16.8. The van der Waals surface area contributed by atoms with E-state index in [1.807, 2.05) is 0 Å². The lowest BCUT2D eigenvalue weighted by molar-refractivity contribution is 0.1000. The monoisotopic (exact) mass is 464 g/mol. The number of hydrogen-bond donors (Lipinski definition) is 4. The number of nitrogens with two attached hydrogens (primary N) is 1. The first-order valence-electron chi connectivity index (χ1n) is 8.87. The summed E-state index contributed by atoms with van der Waals surface area (Å²) in [5.41, 5.74) is 5.34. The fraction of sp³-hybridized carbons (Fsp3) is 0.105. The molecule has 168 valence electrons. The summed E-state index contributed by atoms with van der Waals surface area (Å²) in [4.78, 5) is 19.0. The van der Waals surface area contributed by atoms with Gasteiger partial charge in [-0.2, -0.15) is 4.98 Å². The summed E-state index contributed by atoms with van der Waals surface area (Å²) in [6.45, 7) is 0. The number of rotatable bonds is 8. The third-order valence-electron chi connectivity index (χ3n) is 4.02. The highest BCUT2D eigenvalue weighted by atomic mass is 32.2. The van der Waals surface area contributed by atoms with E-state index in [9.17, 15) is 22.0 Å². The van der Waals surface area contributed by atoms with Gasteiger partial charge in [0.15, 0.2) is 11.6 Å². The lowest BCUT2D eigenvalue weighted by atomic mass is 10.2. The van der Waals surface area contributed by atoms with Crippen molar-refractivity contribution >= 4 is 44.8 Å². The largest absolute Gasteiger partial charge is 0.497 e. The van der Waals surface area contributed by atoms with Crippen LogP contribution in [0.25, 0.3) is 0 Å². The van der Waals surface area contributed by atoms with Gasteiger partial charge in [0.05, 0.1) is 36.6 Å². The number of primary amides is 1.